The Kier molecular flexibility index (Phi) is 7.34. The van der Waals surface area contributed by atoms with E-state index in [0.717, 1.165) is 30.8 Å². The highest BCUT2D eigenvalue weighted by Crippen LogP contribution is 2.08. The van der Waals surface area contributed by atoms with Crippen LogP contribution in [0, 0.1) is 5.41 Å². The van der Waals surface area contributed by atoms with Crippen LogP contribution in [-0.4, -0.2) is 37.9 Å². The van der Waals surface area contributed by atoms with Gasteiger partial charge in [0.15, 0.2) is 0 Å². The molecule has 0 spiro atoms. The molecular formula is C12H21ClN4. The molecule has 17 heavy (non-hydrogen) atoms. The normalized spacial score (nSPS) is 9.82. The van der Waals surface area contributed by atoms with Crippen molar-refractivity contribution in [3.63, 3.8) is 0 Å². The molecule has 0 atom stereocenters. The minimum absolute atomic E-state index is 0. The summed E-state index contributed by atoms with van der Waals surface area (Å²) in [6, 6.07) is 7.62. The van der Waals surface area contributed by atoms with Crippen LogP contribution in [0.1, 0.15) is 12.0 Å². The molecule has 4 nitrogen and oxygen atoms in total. The van der Waals surface area contributed by atoms with E-state index in [1.807, 2.05) is 24.3 Å². The number of nitrogen functional groups attached to an aromatic ring is 1. The van der Waals surface area contributed by atoms with Crippen LogP contribution < -0.4 is 11.1 Å². The van der Waals surface area contributed by atoms with E-state index in [9.17, 15) is 0 Å². The van der Waals surface area contributed by atoms with Crippen molar-refractivity contribution in [2.45, 2.75) is 6.42 Å². The van der Waals surface area contributed by atoms with Crippen LogP contribution >= 0.6 is 12.4 Å². The number of hydrogen-bond donors (Lipinski definition) is 3. The van der Waals surface area contributed by atoms with Crippen molar-refractivity contribution in [2.75, 3.05) is 32.5 Å². The van der Waals surface area contributed by atoms with Gasteiger partial charge < -0.3 is 16.0 Å². The third-order valence-corrected chi connectivity index (χ3v) is 2.31. The van der Waals surface area contributed by atoms with Crippen LogP contribution in [0.3, 0.4) is 0 Å². The third kappa shape index (κ3) is 6.14. The highest BCUT2D eigenvalue weighted by atomic mass is 35.5. The molecule has 0 fully saturated rings. The van der Waals surface area contributed by atoms with E-state index >= 15 is 0 Å². The number of anilines is 1. The lowest BCUT2D eigenvalue weighted by atomic mass is 10.2. The molecule has 1 aromatic carbocycles. The molecule has 0 radical (unpaired) electrons. The number of nitrogens with one attached hydrogen (secondary N) is 2. The number of amidine groups is 1. The van der Waals surface area contributed by atoms with Crippen LogP contribution in [-0.2, 0) is 0 Å². The Morgan fingerprint density at radius 2 is 1.88 bits per heavy atom. The maximum absolute atomic E-state index is 7.27. The number of hydrogen-bond acceptors (Lipinski definition) is 3. The van der Waals surface area contributed by atoms with E-state index in [-0.39, 0.29) is 18.2 Å². The van der Waals surface area contributed by atoms with Gasteiger partial charge in [-0.1, -0.05) is 0 Å². The van der Waals surface area contributed by atoms with Gasteiger partial charge in [-0.15, -0.1) is 12.4 Å². The van der Waals surface area contributed by atoms with Crippen molar-refractivity contribution in [3.05, 3.63) is 29.8 Å². The number of nitrogens with two attached hydrogens (primary N) is 1. The quantitative estimate of drug-likeness (QED) is 0.413. The highest BCUT2D eigenvalue weighted by Gasteiger charge is 1.96. The smallest absolute Gasteiger partial charge is 0.122 e. The summed E-state index contributed by atoms with van der Waals surface area (Å²) in [5.74, 6) is 0.110. The average Bonchev–Trinajstić information content (AvgIpc) is 2.25. The molecule has 96 valence electrons. The second-order valence-corrected chi connectivity index (χ2v) is 4.07. The summed E-state index contributed by atoms with van der Waals surface area (Å²) < 4.78 is 0. The lowest BCUT2D eigenvalue weighted by Gasteiger charge is -2.10. The molecule has 0 aromatic heterocycles. The largest absolute Gasteiger partial charge is 0.385 e. The minimum atomic E-state index is 0. The third-order valence-electron chi connectivity index (χ3n) is 2.31. The summed E-state index contributed by atoms with van der Waals surface area (Å²) in [5.41, 5.74) is 7.21. The monoisotopic (exact) mass is 256 g/mol. The van der Waals surface area contributed by atoms with E-state index in [0.29, 0.717) is 0 Å². The van der Waals surface area contributed by atoms with Gasteiger partial charge in [0.2, 0.25) is 0 Å². The SMILES string of the molecule is CN(C)CCCNc1ccc(C(=N)N)cc1.Cl. The van der Waals surface area contributed by atoms with E-state index in [1.165, 1.54) is 0 Å². The van der Waals surface area contributed by atoms with Gasteiger partial charge in [0, 0.05) is 17.8 Å². The lowest BCUT2D eigenvalue weighted by Crippen LogP contribution is -2.16. The summed E-state index contributed by atoms with van der Waals surface area (Å²) >= 11 is 0. The zero-order chi connectivity index (χ0) is 12.0. The Bertz CT molecular complexity index is 335. The molecule has 0 aliphatic carbocycles. The van der Waals surface area contributed by atoms with Crippen molar-refractivity contribution < 1.29 is 0 Å². The zero-order valence-electron chi connectivity index (χ0n) is 10.4. The van der Waals surface area contributed by atoms with E-state index in [4.69, 9.17) is 11.1 Å². The summed E-state index contributed by atoms with van der Waals surface area (Å²) in [6.45, 7) is 2.04. The van der Waals surface area contributed by atoms with Gasteiger partial charge >= 0.3 is 0 Å². The van der Waals surface area contributed by atoms with Crippen LogP contribution in [0.15, 0.2) is 24.3 Å². The van der Waals surface area contributed by atoms with Crippen molar-refractivity contribution in [1.82, 2.24) is 4.90 Å². The Morgan fingerprint density at radius 1 is 1.29 bits per heavy atom. The average molecular weight is 257 g/mol. The molecule has 1 rings (SSSR count). The van der Waals surface area contributed by atoms with Gasteiger partial charge in [-0.2, -0.15) is 0 Å². The van der Waals surface area contributed by atoms with Gasteiger partial charge in [0.25, 0.3) is 0 Å². The van der Waals surface area contributed by atoms with Gasteiger partial charge in [0.05, 0.1) is 0 Å². The van der Waals surface area contributed by atoms with Crippen molar-refractivity contribution >= 4 is 23.9 Å². The van der Waals surface area contributed by atoms with Crippen LogP contribution in [0.5, 0.6) is 0 Å². The van der Waals surface area contributed by atoms with Gasteiger partial charge in [-0.25, -0.2) is 0 Å². The summed E-state index contributed by atoms with van der Waals surface area (Å²) in [6.07, 6.45) is 1.11. The highest BCUT2D eigenvalue weighted by molar-refractivity contribution is 5.95. The first kappa shape index (κ1) is 15.7. The first-order chi connectivity index (χ1) is 7.59. The van der Waals surface area contributed by atoms with Crippen LogP contribution in [0.2, 0.25) is 0 Å². The van der Waals surface area contributed by atoms with Crippen molar-refractivity contribution in [2.24, 2.45) is 5.73 Å². The van der Waals surface area contributed by atoms with E-state index < -0.39 is 0 Å². The standard InChI is InChI=1S/C12H20N4.ClH/c1-16(2)9-3-8-15-11-6-4-10(5-7-11)12(13)14;/h4-7,15H,3,8-9H2,1-2H3,(H3,13,14);1H. The number of halogens is 1. The Hall–Kier alpha value is -1.26. The molecule has 0 aliphatic heterocycles. The Morgan fingerprint density at radius 3 is 2.35 bits per heavy atom. The second-order valence-electron chi connectivity index (χ2n) is 4.07. The Balaban J connectivity index is 0.00000256. The summed E-state index contributed by atoms with van der Waals surface area (Å²) in [5, 5.41) is 10.6. The maximum atomic E-state index is 7.27. The van der Waals surface area contributed by atoms with Crippen molar-refractivity contribution in [3.8, 4) is 0 Å². The van der Waals surface area contributed by atoms with Crippen LogP contribution in [0.4, 0.5) is 5.69 Å². The van der Waals surface area contributed by atoms with Crippen molar-refractivity contribution in [1.29, 1.82) is 5.41 Å². The Labute approximate surface area is 109 Å². The fourth-order valence-corrected chi connectivity index (χ4v) is 1.40. The predicted octanol–water partition coefficient (Wildman–Crippen LogP) is 1.76. The maximum Gasteiger partial charge on any atom is 0.122 e. The molecule has 4 N–H and O–H groups in total. The fourth-order valence-electron chi connectivity index (χ4n) is 1.40. The molecule has 0 saturated heterocycles. The molecule has 5 heteroatoms. The lowest BCUT2D eigenvalue weighted by molar-refractivity contribution is 0.405. The number of benzene rings is 1. The van der Waals surface area contributed by atoms with E-state index in [1.54, 1.807) is 0 Å². The topological polar surface area (TPSA) is 65.1 Å². The first-order valence-electron chi connectivity index (χ1n) is 5.42. The second kappa shape index (κ2) is 7.92. The molecule has 0 aliphatic rings. The molecular weight excluding hydrogens is 236 g/mol. The van der Waals surface area contributed by atoms with Crippen LogP contribution in [0.25, 0.3) is 0 Å². The molecule has 1 aromatic rings. The molecule has 0 saturated carbocycles. The molecule has 0 heterocycles. The summed E-state index contributed by atoms with van der Waals surface area (Å²) in [7, 11) is 4.14. The minimum Gasteiger partial charge on any atom is -0.385 e. The molecule has 0 unspecified atom stereocenters. The first-order valence-corrected chi connectivity index (χ1v) is 5.42. The van der Waals surface area contributed by atoms with Gasteiger partial charge in [0.1, 0.15) is 5.84 Å². The molecule has 0 bridgehead atoms. The van der Waals surface area contributed by atoms with Gasteiger partial charge in [-0.05, 0) is 51.3 Å². The predicted molar refractivity (Wildman–Crippen MR) is 76.4 cm³/mol. The number of nitrogens with zero attached hydrogens (tertiary/aromatic N) is 1. The molecule has 0 amide bonds. The zero-order valence-corrected chi connectivity index (χ0v) is 11.2. The number of rotatable bonds is 6. The summed E-state index contributed by atoms with van der Waals surface area (Å²) in [4.78, 5) is 2.17. The fraction of sp³-hybridized carbons (Fsp3) is 0.417. The van der Waals surface area contributed by atoms with E-state index in [2.05, 4.69) is 24.3 Å². The van der Waals surface area contributed by atoms with Gasteiger partial charge in [-0.3, -0.25) is 5.41 Å².